The van der Waals surface area contributed by atoms with Gasteiger partial charge in [0.05, 0.1) is 32.5 Å². The standard InChI is InChI=1S/C35H38O5/c1-26-13-12-14-27(2)34(26)40-33-21-31(37-23-29-17-8-4-9-18-29)35(38-24-30-19-10-5-11-20-30)32(39-33)25-36-22-28-15-6-3-7-16-28/h3-20,31-33,35H,21-25H2,1-2H3/t31-,32-,33+,35+/m1/s1. The molecule has 1 heterocycles. The third-order valence-electron chi connectivity index (χ3n) is 7.13. The molecule has 4 aromatic carbocycles. The number of para-hydroxylation sites is 1. The largest absolute Gasteiger partial charge is 0.464 e. The summed E-state index contributed by atoms with van der Waals surface area (Å²) in [4.78, 5) is 0. The molecule has 5 heteroatoms. The summed E-state index contributed by atoms with van der Waals surface area (Å²) >= 11 is 0. The van der Waals surface area contributed by atoms with Gasteiger partial charge < -0.3 is 23.7 Å². The van der Waals surface area contributed by atoms with Gasteiger partial charge in [-0.3, -0.25) is 0 Å². The molecule has 1 aliphatic rings. The van der Waals surface area contributed by atoms with Crippen LogP contribution in [-0.4, -0.2) is 31.2 Å². The minimum absolute atomic E-state index is 0.252. The third kappa shape index (κ3) is 7.80. The van der Waals surface area contributed by atoms with Crippen molar-refractivity contribution in [1.82, 2.24) is 0 Å². The summed E-state index contributed by atoms with van der Waals surface area (Å²) in [6.07, 6.45) is -0.927. The first-order valence-corrected chi connectivity index (χ1v) is 14.0. The van der Waals surface area contributed by atoms with Crippen LogP contribution in [0.15, 0.2) is 109 Å². The molecule has 1 fully saturated rings. The Kier molecular flexibility index (Phi) is 9.99. The second-order valence-corrected chi connectivity index (χ2v) is 10.3. The van der Waals surface area contributed by atoms with Crippen LogP contribution in [0, 0.1) is 13.8 Å². The van der Waals surface area contributed by atoms with Crippen LogP contribution < -0.4 is 4.74 Å². The summed E-state index contributed by atoms with van der Waals surface area (Å²) in [5, 5.41) is 0. The van der Waals surface area contributed by atoms with Crippen LogP contribution in [0.1, 0.15) is 34.2 Å². The van der Waals surface area contributed by atoms with Crippen molar-refractivity contribution < 1.29 is 23.7 Å². The first kappa shape index (κ1) is 28.1. The second-order valence-electron chi connectivity index (χ2n) is 10.3. The molecule has 4 atom stereocenters. The van der Waals surface area contributed by atoms with Gasteiger partial charge in [0.2, 0.25) is 6.29 Å². The molecule has 1 saturated heterocycles. The summed E-state index contributed by atoms with van der Waals surface area (Å²) in [5.41, 5.74) is 5.47. The van der Waals surface area contributed by atoms with Crippen molar-refractivity contribution in [2.24, 2.45) is 0 Å². The fraction of sp³-hybridized carbons (Fsp3) is 0.314. The maximum Gasteiger partial charge on any atom is 0.202 e. The van der Waals surface area contributed by atoms with E-state index in [4.69, 9.17) is 23.7 Å². The Labute approximate surface area is 237 Å². The molecule has 0 amide bonds. The highest BCUT2D eigenvalue weighted by atomic mass is 16.7. The SMILES string of the molecule is Cc1cccc(C)c1O[C@H]1C[C@@H](OCc2ccccc2)[C@H](OCc2ccccc2)[C@@H](COCc2ccccc2)O1. The molecule has 5 rings (SSSR count). The fourth-order valence-electron chi connectivity index (χ4n) is 5.01. The first-order valence-electron chi connectivity index (χ1n) is 14.0. The van der Waals surface area contributed by atoms with Crippen molar-refractivity contribution in [2.45, 2.75) is 64.7 Å². The number of ether oxygens (including phenoxy) is 5. The van der Waals surface area contributed by atoms with Crippen molar-refractivity contribution in [3.63, 3.8) is 0 Å². The summed E-state index contributed by atoms with van der Waals surface area (Å²) in [5.74, 6) is 0.849. The monoisotopic (exact) mass is 538 g/mol. The zero-order chi connectivity index (χ0) is 27.6. The van der Waals surface area contributed by atoms with Gasteiger partial charge in [0, 0.05) is 6.42 Å². The number of benzene rings is 4. The van der Waals surface area contributed by atoms with Gasteiger partial charge in [0.1, 0.15) is 18.0 Å². The maximum atomic E-state index is 6.57. The zero-order valence-electron chi connectivity index (χ0n) is 23.3. The lowest BCUT2D eigenvalue weighted by Crippen LogP contribution is -2.53. The molecule has 0 radical (unpaired) electrons. The Morgan fingerprint density at radius 3 is 1.73 bits per heavy atom. The van der Waals surface area contributed by atoms with Crippen molar-refractivity contribution >= 4 is 0 Å². The Morgan fingerprint density at radius 2 is 1.15 bits per heavy atom. The Balaban J connectivity index is 1.36. The van der Waals surface area contributed by atoms with E-state index in [1.165, 1.54) is 0 Å². The van der Waals surface area contributed by atoms with Crippen LogP contribution in [0.3, 0.4) is 0 Å². The van der Waals surface area contributed by atoms with E-state index in [0.29, 0.717) is 32.8 Å². The van der Waals surface area contributed by atoms with E-state index in [-0.39, 0.29) is 18.3 Å². The van der Waals surface area contributed by atoms with E-state index in [9.17, 15) is 0 Å². The Hall–Kier alpha value is -3.48. The summed E-state index contributed by atoms with van der Waals surface area (Å²) in [7, 11) is 0. The topological polar surface area (TPSA) is 46.2 Å². The average Bonchev–Trinajstić information content (AvgIpc) is 2.99. The van der Waals surface area contributed by atoms with Gasteiger partial charge in [-0.2, -0.15) is 0 Å². The molecular weight excluding hydrogens is 500 g/mol. The molecule has 1 aliphatic heterocycles. The highest BCUT2D eigenvalue weighted by Gasteiger charge is 2.42. The first-order chi connectivity index (χ1) is 19.7. The number of aryl methyl sites for hydroxylation is 2. The van der Waals surface area contributed by atoms with E-state index in [1.807, 2.05) is 60.7 Å². The van der Waals surface area contributed by atoms with Crippen LogP contribution in [0.5, 0.6) is 5.75 Å². The van der Waals surface area contributed by atoms with Crippen molar-refractivity contribution in [2.75, 3.05) is 6.61 Å². The molecule has 0 aromatic heterocycles. The summed E-state index contributed by atoms with van der Waals surface area (Å²) in [6, 6.07) is 36.7. The highest BCUT2D eigenvalue weighted by molar-refractivity contribution is 5.39. The van der Waals surface area contributed by atoms with Crippen molar-refractivity contribution in [3.05, 3.63) is 137 Å². The molecule has 40 heavy (non-hydrogen) atoms. The van der Waals surface area contributed by atoms with E-state index in [2.05, 4.69) is 62.4 Å². The molecule has 0 aliphatic carbocycles. The van der Waals surface area contributed by atoms with Gasteiger partial charge in [0.15, 0.2) is 0 Å². The van der Waals surface area contributed by atoms with Crippen LogP contribution in [0.25, 0.3) is 0 Å². The predicted molar refractivity (Wildman–Crippen MR) is 156 cm³/mol. The molecule has 0 spiro atoms. The molecule has 4 aromatic rings. The Bertz CT molecular complexity index is 1280. The van der Waals surface area contributed by atoms with E-state index in [1.54, 1.807) is 0 Å². The van der Waals surface area contributed by atoms with Gasteiger partial charge in [-0.05, 0) is 41.7 Å². The normalized spacial score (nSPS) is 20.8. The van der Waals surface area contributed by atoms with Gasteiger partial charge in [-0.1, -0.05) is 109 Å². The number of rotatable bonds is 12. The smallest absolute Gasteiger partial charge is 0.202 e. The zero-order valence-corrected chi connectivity index (χ0v) is 23.3. The van der Waals surface area contributed by atoms with Crippen LogP contribution in [0.2, 0.25) is 0 Å². The fourth-order valence-corrected chi connectivity index (χ4v) is 5.01. The highest BCUT2D eigenvalue weighted by Crippen LogP contribution is 2.32. The molecule has 5 nitrogen and oxygen atoms in total. The average molecular weight is 539 g/mol. The summed E-state index contributed by atoms with van der Waals surface area (Å²) in [6.45, 7) is 5.89. The van der Waals surface area contributed by atoms with Crippen molar-refractivity contribution in [1.29, 1.82) is 0 Å². The lowest BCUT2D eigenvalue weighted by atomic mass is 10.0. The lowest BCUT2D eigenvalue weighted by molar-refractivity contribution is -0.258. The second kappa shape index (κ2) is 14.2. The van der Waals surface area contributed by atoms with Gasteiger partial charge >= 0.3 is 0 Å². The molecule has 0 N–H and O–H groups in total. The van der Waals surface area contributed by atoms with Crippen molar-refractivity contribution in [3.8, 4) is 5.75 Å². The van der Waals surface area contributed by atoms with E-state index >= 15 is 0 Å². The van der Waals surface area contributed by atoms with Crippen LogP contribution >= 0.6 is 0 Å². The predicted octanol–water partition coefficient (Wildman–Crippen LogP) is 7.18. The van der Waals surface area contributed by atoms with Gasteiger partial charge in [0.25, 0.3) is 0 Å². The minimum Gasteiger partial charge on any atom is -0.464 e. The van der Waals surface area contributed by atoms with E-state index < -0.39 is 6.29 Å². The van der Waals surface area contributed by atoms with Crippen LogP contribution in [-0.2, 0) is 38.8 Å². The molecule has 0 bridgehead atoms. The molecule has 0 unspecified atom stereocenters. The maximum absolute atomic E-state index is 6.57. The molecule has 0 saturated carbocycles. The lowest BCUT2D eigenvalue weighted by Gasteiger charge is -2.41. The quantitative estimate of drug-likeness (QED) is 0.191. The minimum atomic E-state index is -0.498. The molecular formula is C35H38O5. The number of hydrogen-bond donors (Lipinski definition) is 0. The third-order valence-corrected chi connectivity index (χ3v) is 7.13. The van der Waals surface area contributed by atoms with Gasteiger partial charge in [-0.25, -0.2) is 0 Å². The van der Waals surface area contributed by atoms with Gasteiger partial charge in [-0.15, -0.1) is 0 Å². The van der Waals surface area contributed by atoms with E-state index in [0.717, 1.165) is 33.6 Å². The molecule has 208 valence electrons. The Morgan fingerprint density at radius 1 is 0.625 bits per heavy atom. The van der Waals surface area contributed by atoms with Crippen LogP contribution in [0.4, 0.5) is 0 Å². The summed E-state index contributed by atoms with van der Waals surface area (Å²) < 4.78 is 32.3. The number of hydrogen-bond acceptors (Lipinski definition) is 5.